The van der Waals surface area contributed by atoms with Gasteiger partial charge in [0, 0.05) is 11.1 Å². The number of benzene rings is 1. The Kier molecular flexibility index (Phi) is 3.11. The standard InChI is InChI=1S/C9H8ClO2/c1-2-12-9(11)7-3-5-8(10)6-4-7/h3-5H,2H2,1H3. The largest absolute Gasteiger partial charge is 0.462 e. The first-order valence-corrected chi connectivity index (χ1v) is 3.96. The lowest BCUT2D eigenvalue weighted by Crippen LogP contribution is -2.03. The van der Waals surface area contributed by atoms with Crippen LogP contribution >= 0.6 is 11.6 Å². The summed E-state index contributed by atoms with van der Waals surface area (Å²) in [4.78, 5) is 11.1. The number of ether oxygens (including phenoxy) is 1. The Morgan fingerprint density at radius 3 is 2.92 bits per heavy atom. The smallest absolute Gasteiger partial charge is 0.338 e. The molecule has 0 fully saturated rings. The predicted octanol–water partition coefficient (Wildman–Crippen LogP) is 2.32. The zero-order valence-corrected chi connectivity index (χ0v) is 7.39. The van der Waals surface area contributed by atoms with Crippen LogP contribution in [0.1, 0.15) is 17.3 Å². The van der Waals surface area contributed by atoms with Gasteiger partial charge in [-0.1, -0.05) is 11.6 Å². The second-order valence-corrected chi connectivity index (χ2v) is 2.55. The predicted molar refractivity (Wildman–Crippen MR) is 46.2 cm³/mol. The van der Waals surface area contributed by atoms with E-state index in [1.54, 1.807) is 19.1 Å². The third kappa shape index (κ3) is 2.24. The van der Waals surface area contributed by atoms with Crippen molar-refractivity contribution >= 4 is 17.6 Å². The topological polar surface area (TPSA) is 26.3 Å². The molecule has 0 aliphatic heterocycles. The molecule has 0 saturated carbocycles. The maximum Gasteiger partial charge on any atom is 0.338 e. The lowest BCUT2D eigenvalue weighted by atomic mass is 10.2. The van der Waals surface area contributed by atoms with Gasteiger partial charge in [-0.05, 0) is 25.1 Å². The fourth-order valence-corrected chi connectivity index (χ4v) is 0.865. The monoisotopic (exact) mass is 183 g/mol. The van der Waals surface area contributed by atoms with Crippen LogP contribution in [0.25, 0.3) is 0 Å². The van der Waals surface area contributed by atoms with Crippen LogP contribution in [0.15, 0.2) is 18.2 Å². The first-order valence-electron chi connectivity index (χ1n) is 3.58. The molecular formula is C9H8ClO2. The van der Waals surface area contributed by atoms with E-state index in [9.17, 15) is 4.79 Å². The van der Waals surface area contributed by atoms with Crippen LogP contribution in [0.5, 0.6) is 0 Å². The highest BCUT2D eigenvalue weighted by Crippen LogP contribution is 2.09. The van der Waals surface area contributed by atoms with Crippen molar-refractivity contribution in [3.05, 3.63) is 34.9 Å². The van der Waals surface area contributed by atoms with Crippen LogP contribution in [0.4, 0.5) is 0 Å². The molecule has 0 saturated heterocycles. The number of hydrogen-bond donors (Lipinski definition) is 0. The SMILES string of the molecule is CCOC(=O)c1c[c]c(Cl)cc1. The van der Waals surface area contributed by atoms with E-state index in [0.717, 1.165) is 0 Å². The van der Waals surface area contributed by atoms with Crippen LogP contribution in [0, 0.1) is 6.07 Å². The lowest BCUT2D eigenvalue weighted by molar-refractivity contribution is 0.0526. The maximum absolute atomic E-state index is 11.1. The Bertz CT molecular complexity index is 266. The molecule has 0 aliphatic rings. The molecular weight excluding hydrogens is 176 g/mol. The molecule has 3 heteroatoms. The van der Waals surface area contributed by atoms with E-state index in [2.05, 4.69) is 6.07 Å². The minimum absolute atomic E-state index is 0.342. The van der Waals surface area contributed by atoms with Gasteiger partial charge in [-0.15, -0.1) is 0 Å². The molecule has 0 bridgehead atoms. The second-order valence-electron chi connectivity index (χ2n) is 2.15. The van der Waals surface area contributed by atoms with Crippen LogP contribution in [-0.4, -0.2) is 12.6 Å². The fraction of sp³-hybridized carbons (Fsp3) is 0.222. The summed E-state index contributed by atoms with van der Waals surface area (Å²) in [5.41, 5.74) is 0.473. The van der Waals surface area contributed by atoms with Gasteiger partial charge >= 0.3 is 5.97 Å². The molecule has 0 heterocycles. The number of hydrogen-bond acceptors (Lipinski definition) is 2. The molecule has 1 aromatic rings. The molecule has 12 heavy (non-hydrogen) atoms. The number of carbonyl (C=O) groups excluding carboxylic acids is 1. The van der Waals surface area contributed by atoms with Crippen molar-refractivity contribution < 1.29 is 9.53 Å². The van der Waals surface area contributed by atoms with Crippen LogP contribution in [0.2, 0.25) is 5.02 Å². The third-order valence-electron chi connectivity index (χ3n) is 1.29. The molecule has 0 aliphatic carbocycles. The van der Waals surface area contributed by atoms with Gasteiger partial charge in [0.15, 0.2) is 0 Å². The summed E-state index contributed by atoms with van der Waals surface area (Å²) in [7, 11) is 0. The van der Waals surface area contributed by atoms with Gasteiger partial charge < -0.3 is 4.74 Å². The third-order valence-corrected chi connectivity index (χ3v) is 1.52. The highest BCUT2D eigenvalue weighted by atomic mass is 35.5. The van der Waals surface area contributed by atoms with Crippen molar-refractivity contribution in [2.24, 2.45) is 0 Å². The summed E-state index contributed by atoms with van der Waals surface area (Å²) in [5.74, 6) is -0.342. The number of carbonyl (C=O) groups is 1. The van der Waals surface area contributed by atoms with Gasteiger partial charge in [0.1, 0.15) is 0 Å². The lowest BCUT2D eigenvalue weighted by Gasteiger charge is -2.00. The minimum atomic E-state index is -0.342. The average Bonchev–Trinajstić information content (AvgIpc) is 2.06. The Labute approximate surface area is 76.1 Å². The Morgan fingerprint density at radius 2 is 2.42 bits per heavy atom. The summed E-state index contributed by atoms with van der Waals surface area (Å²) in [5, 5.41) is 0.489. The van der Waals surface area contributed by atoms with Crippen LogP contribution in [-0.2, 0) is 4.74 Å². The van der Waals surface area contributed by atoms with E-state index in [-0.39, 0.29) is 5.97 Å². The van der Waals surface area contributed by atoms with Gasteiger partial charge in [-0.2, -0.15) is 0 Å². The van der Waals surface area contributed by atoms with Crippen molar-refractivity contribution in [1.82, 2.24) is 0 Å². The Balaban J connectivity index is 2.75. The highest BCUT2D eigenvalue weighted by Gasteiger charge is 2.04. The quantitative estimate of drug-likeness (QED) is 0.658. The van der Waals surface area contributed by atoms with E-state index in [1.807, 2.05) is 0 Å². The molecule has 0 atom stereocenters. The summed E-state index contributed by atoms with van der Waals surface area (Å²) >= 11 is 5.59. The second kappa shape index (κ2) is 4.12. The van der Waals surface area contributed by atoms with E-state index in [1.165, 1.54) is 6.07 Å². The minimum Gasteiger partial charge on any atom is -0.462 e. The molecule has 0 N–H and O–H groups in total. The molecule has 2 nitrogen and oxygen atoms in total. The van der Waals surface area contributed by atoms with Crippen molar-refractivity contribution in [1.29, 1.82) is 0 Å². The fourth-order valence-electron chi connectivity index (χ4n) is 0.747. The van der Waals surface area contributed by atoms with E-state index < -0.39 is 0 Å². The summed E-state index contributed by atoms with van der Waals surface area (Å²) < 4.78 is 4.77. The first-order chi connectivity index (χ1) is 5.74. The number of rotatable bonds is 2. The molecule has 0 aromatic heterocycles. The van der Waals surface area contributed by atoms with E-state index >= 15 is 0 Å². The van der Waals surface area contributed by atoms with E-state index in [0.29, 0.717) is 17.2 Å². The first kappa shape index (κ1) is 9.07. The molecule has 1 aromatic carbocycles. The summed E-state index contributed by atoms with van der Waals surface area (Å²) in [6.07, 6.45) is 0. The van der Waals surface area contributed by atoms with Gasteiger partial charge in [0.05, 0.1) is 12.2 Å². The average molecular weight is 184 g/mol. The molecule has 0 amide bonds. The van der Waals surface area contributed by atoms with Crippen LogP contribution in [0.3, 0.4) is 0 Å². The van der Waals surface area contributed by atoms with Gasteiger partial charge in [0.25, 0.3) is 0 Å². The van der Waals surface area contributed by atoms with Gasteiger partial charge in [0.2, 0.25) is 0 Å². The van der Waals surface area contributed by atoms with Crippen molar-refractivity contribution in [2.75, 3.05) is 6.61 Å². The number of esters is 1. The van der Waals surface area contributed by atoms with Crippen molar-refractivity contribution in [3.63, 3.8) is 0 Å². The zero-order chi connectivity index (χ0) is 8.97. The van der Waals surface area contributed by atoms with Crippen LogP contribution < -0.4 is 0 Å². The van der Waals surface area contributed by atoms with Gasteiger partial charge in [-0.3, -0.25) is 0 Å². The normalized spacial score (nSPS) is 9.50. The number of halogens is 1. The highest BCUT2D eigenvalue weighted by molar-refractivity contribution is 6.30. The molecule has 0 spiro atoms. The van der Waals surface area contributed by atoms with Gasteiger partial charge in [-0.25, -0.2) is 4.79 Å². The Hall–Kier alpha value is -1.02. The maximum atomic E-state index is 11.1. The zero-order valence-electron chi connectivity index (χ0n) is 6.63. The Morgan fingerprint density at radius 1 is 1.67 bits per heavy atom. The van der Waals surface area contributed by atoms with Crippen molar-refractivity contribution in [3.8, 4) is 0 Å². The molecule has 0 unspecified atom stereocenters. The molecule has 1 radical (unpaired) electrons. The molecule has 63 valence electrons. The van der Waals surface area contributed by atoms with E-state index in [4.69, 9.17) is 16.3 Å². The summed E-state index contributed by atoms with van der Waals surface area (Å²) in [6, 6.07) is 7.43. The summed E-state index contributed by atoms with van der Waals surface area (Å²) in [6.45, 7) is 2.14. The van der Waals surface area contributed by atoms with Crippen molar-refractivity contribution in [2.45, 2.75) is 6.92 Å². The molecule has 1 rings (SSSR count).